The highest BCUT2D eigenvalue weighted by Gasteiger charge is 2.28. The van der Waals surface area contributed by atoms with Crippen LogP contribution in [-0.4, -0.2) is 47.3 Å². The Morgan fingerprint density at radius 2 is 1.59 bits per heavy atom. The van der Waals surface area contributed by atoms with Crippen LogP contribution < -0.4 is 4.90 Å². The van der Waals surface area contributed by atoms with Crippen LogP contribution >= 0.6 is 23.4 Å². The Balaban J connectivity index is 1.39. The zero-order chi connectivity index (χ0) is 18.8. The number of piperazine rings is 1. The van der Waals surface area contributed by atoms with Gasteiger partial charge in [0.1, 0.15) is 5.75 Å². The Morgan fingerprint density at radius 3 is 2.26 bits per heavy atom. The lowest BCUT2D eigenvalue weighted by atomic mass is 10.2. The molecule has 2 aromatic rings. The van der Waals surface area contributed by atoms with E-state index in [1.807, 2.05) is 30.3 Å². The van der Waals surface area contributed by atoms with Gasteiger partial charge >= 0.3 is 0 Å². The molecule has 138 valence electrons. The quantitative estimate of drug-likeness (QED) is 0.777. The molecule has 1 N–H and O–H groups in total. The van der Waals surface area contributed by atoms with E-state index in [2.05, 4.69) is 14.8 Å². The number of anilines is 1. The number of carbonyl (C=O) groups is 1. The van der Waals surface area contributed by atoms with Gasteiger partial charge in [0.2, 0.25) is 0 Å². The van der Waals surface area contributed by atoms with E-state index < -0.39 is 0 Å². The Bertz CT molecular complexity index is 902. The molecule has 27 heavy (non-hydrogen) atoms. The lowest BCUT2D eigenvalue weighted by Gasteiger charge is -2.36. The molecule has 2 aromatic carbocycles. The van der Waals surface area contributed by atoms with Gasteiger partial charge in [-0.05, 0) is 59.8 Å². The van der Waals surface area contributed by atoms with Gasteiger partial charge in [-0.1, -0.05) is 23.7 Å². The van der Waals surface area contributed by atoms with E-state index in [1.54, 1.807) is 24.3 Å². The maximum atomic E-state index is 12.2. The van der Waals surface area contributed by atoms with Crippen LogP contribution in [0, 0.1) is 0 Å². The summed E-state index contributed by atoms with van der Waals surface area (Å²) < 4.78 is 0. The average Bonchev–Trinajstić information content (AvgIpc) is 3.05. The molecule has 0 saturated carbocycles. The Kier molecular flexibility index (Phi) is 5.09. The fraction of sp³-hybridized carbons (Fsp3) is 0.200. The number of hydrogen-bond acceptors (Lipinski definition) is 5. The molecule has 2 aliphatic rings. The SMILES string of the molecule is O=C1N=C(N2CCN(c3ccc(Cl)cc3)CC2)S/C1=C/c1ccc(O)cc1. The lowest BCUT2D eigenvalue weighted by molar-refractivity contribution is -0.113. The zero-order valence-corrected chi connectivity index (χ0v) is 16.1. The highest BCUT2D eigenvalue weighted by atomic mass is 35.5. The van der Waals surface area contributed by atoms with Crippen LogP contribution in [0.2, 0.25) is 5.02 Å². The van der Waals surface area contributed by atoms with Crippen molar-refractivity contribution in [2.24, 2.45) is 4.99 Å². The number of rotatable bonds is 2. The van der Waals surface area contributed by atoms with Gasteiger partial charge < -0.3 is 14.9 Å². The number of amidine groups is 1. The zero-order valence-electron chi connectivity index (χ0n) is 14.5. The maximum Gasteiger partial charge on any atom is 0.286 e. The number of phenols is 1. The lowest BCUT2D eigenvalue weighted by Crippen LogP contribution is -2.47. The first-order valence-corrected chi connectivity index (χ1v) is 9.85. The molecule has 2 heterocycles. The van der Waals surface area contributed by atoms with E-state index in [-0.39, 0.29) is 11.7 Å². The monoisotopic (exact) mass is 399 g/mol. The number of halogens is 1. The predicted octanol–water partition coefficient (Wildman–Crippen LogP) is 3.84. The summed E-state index contributed by atoms with van der Waals surface area (Å²) in [6, 6.07) is 14.6. The van der Waals surface area contributed by atoms with E-state index in [0.29, 0.717) is 4.91 Å². The molecule has 0 radical (unpaired) electrons. The predicted molar refractivity (Wildman–Crippen MR) is 111 cm³/mol. The van der Waals surface area contributed by atoms with Crippen LogP contribution in [0.5, 0.6) is 5.75 Å². The van der Waals surface area contributed by atoms with Crippen molar-refractivity contribution in [1.29, 1.82) is 0 Å². The molecule has 2 aliphatic heterocycles. The van der Waals surface area contributed by atoms with Crippen LogP contribution in [0.1, 0.15) is 5.56 Å². The van der Waals surface area contributed by atoms with Gasteiger partial charge in [0.15, 0.2) is 5.17 Å². The van der Waals surface area contributed by atoms with Crippen LogP contribution in [-0.2, 0) is 4.79 Å². The summed E-state index contributed by atoms with van der Waals surface area (Å²) in [7, 11) is 0. The van der Waals surface area contributed by atoms with Crippen LogP contribution in [0.3, 0.4) is 0 Å². The Hall–Kier alpha value is -2.44. The molecule has 4 rings (SSSR count). The second-order valence-electron chi connectivity index (χ2n) is 6.35. The molecule has 7 heteroatoms. The summed E-state index contributed by atoms with van der Waals surface area (Å²) in [6.45, 7) is 3.36. The Morgan fingerprint density at radius 1 is 0.963 bits per heavy atom. The summed E-state index contributed by atoms with van der Waals surface area (Å²) in [5.41, 5.74) is 2.02. The number of aliphatic imine (C=N–C) groups is 1. The van der Waals surface area contributed by atoms with Gasteiger partial charge in [0, 0.05) is 36.9 Å². The molecule has 0 spiro atoms. The number of amides is 1. The fourth-order valence-corrected chi connectivity index (χ4v) is 4.15. The molecule has 0 atom stereocenters. The molecular weight excluding hydrogens is 382 g/mol. The number of benzene rings is 2. The van der Waals surface area contributed by atoms with Crippen molar-refractivity contribution in [2.75, 3.05) is 31.1 Å². The summed E-state index contributed by atoms with van der Waals surface area (Å²) in [5, 5.41) is 10.9. The van der Waals surface area contributed by atoms with Crippen molar-refractivity contribution in [2.45, 2.75) is 0 Å². The third-order valence-corrected chi connectivity index (χ3v) is 5.84. The molecule has 0 aliphatic carbocycles. The standard InChI is InChI=1S/C20H18ClN3O2S/c21-15-3-5-16(6-4-15)23-9-11-24(12-10-23)20-22-19(26)18(27-20)13-14-1-7-17(25)8-2-14/h1-8,13,25H,9-12H2/b18-13+. The summed E-state index contributed by atoms with van der Waals surface area (Å²) >= 11 is 7.37. The third kappa shape index (κ3) is 4.12. The van der Waals surface area contributed by atoms with E-state index in [1.165, 1.54) is 11.8 Å². The molecule has 0 aromatic heterocycles. The van der Waals surface area contributed by atoms with Crippen molar-refractivity contribution < 1.29 is 9.90 Å². The minimum Gasteiger partial charge on any atom is -0.508 e. The van der Waals surface area contributed by atoms with Gasteiger partial charge in [0.25, 0.3) is 5.91 Å². The van der Waals surface area contributed by atoms with Crippen molar-refractivity contribution >= 4 is 46.2 Å². The van der Waals surface area contributed by atoms with Gasteiger partial charge in [-0.3, -0.25) is 4.79 Å². The summed E-state index contributed by atoms with van der Waals surface area (Å²) in [4.78, 5) is 21.5. The van der Waals surface area contributed by atoms with Gasteiger partial charge in [0.05, 0.1) is 4.91 Å². The van der Waals surface area contributed by atoms with Crippen molar-refractivity contribution in [3.63, 3.8) is 0 Å². The normalized spacial score (nSPS) is 18.9. The first kappa shape index (κ1) is 17.9. The smallest absolute Gasteiger partial charge is 0.286 e. The molecule has 5 nitrogen and oxygen atoms in total. The van der Waals surface area contributed by atoms with E-state index in [4.69, 9.17) is 11.6 Å². The number of phenolic OH excluding ortho intramolecular Hbond substituents is 1. The highest BCUT2D eigenvalue weighted by molar-refractivity contribution is 8.18. The minimum absolute atomic E-state index is 0.205. The molecular formula is C20H18ClN3O2S. The van der Waals surface area contributed by atoms with Gasteiger partial charge in [-0.15, -0.1) is 0 Å². The van der Waals surface area contributed by atoms with Crippen LogP contribution in [0.25, 0.3) is 6.08 Å². The van der Waals surface area contributed by atoms with Gasteiger partial charge in [-0.2, -0.15) is 4.99 Å². The molecule has 1 saturated heterocycles. The highest BCUT2D eigenvalue weighted by Crippen LogP contribution is 2.31. The average molecular weight is 400 g/mol. The van der Waals surface area contributed by atoms with Crippen LogP contribution in [0.4, 0.5) is 5.69 Å². The van der Waals surface area contributed by atoms with Gasteiger partial charge in [-0.25, -0.2) is 0 Å². The first-order valence-electron chi connectivity index (χ1n) is 8.65. The Labute approximate surface area is 167 Å². The van der Waals surface area contributed by atoms with Crippen molar-refractivity contribution in [3.05, 3.63) is 64.0 Å². The number of carbonyl (C=O) groups excluding carboxylic acids is 1. The first-order chi connectivity index (χ1) is 13.1. The van der Waals surface area contributed by atoms with Crippen molar-refractivity contribution in [3.8, 4) is 5.75 Å². The van der Waals surface area contributed by atoms with E-state index >= 15 is 0 Å². The summed E-state index contributed by atoms with van der Waals surface area (Å²) in [5.74, 6) is 0.00116. The largest absolute Gasteiger partial charge is 0.508 e. The maximum absolute atomic E-state index is 12.2. The van der Waals surface area contributed by atoms with Crippen LogP contribution in [0.15, 0.2) is 58.4 Å². The molecule has 0 bridgehead atoms. The van der Waals surface area contributed by atoms with Crippen molar-refractivity contribution in [1.82, 2.24) is 4.90 Å². The number of thioether (sulfide) groups is 1. The number of aromatic hydroxyl groups is 1. The fourth-order valence-electron chi connectivity index (χ4n) is 3.06. The summed E-state index contributed by atoms with van der Waals surface area (Å²) in [6.07, 6.45) is 1.81. The third-order valence-electron chi connectivity index (χ3n) is 4.54. The second-order valence-corrected chi connectivity index (χ2v) is 7.80. The number of nitrogens with zero attached hydrogens (tertiary/aromatic N) is 3. The molecule has 1 amide bonds. The number of hydrogen-bond donors (Lipinski definition) is 1. The van der Waals surface area contributed by atoms with E-state index in [9.17, 15) is 9.90 Å². The molecule has 0 unspecified atom stereocenters. The van der Waals surface area contributed by atoms with E-state index in [0.717, 1.165) is 47.6 Å². The second kappa shape index (κ2) is 7.66. The minimum atomic E-state index is -0.205. The topological polar surface area (TPSA) is 56.1 Å². The molecule has 1 fully saturated rings.